The fourth-order valence-electron chi connectivity index (χ4n) is 7.96. The van der Waals surface area contributed by atoms with E-state index in [0.29, 0.717) is 17.5 Å². The molecule has 0 amide bonds. The van der Waals surface area contributed by atoms with Crippen molar-refractivity contribution in [3.8, 4) is 67.5 Å². The van der Waals surface area contributed by atoms with Gasteiger partial charge in [-0.05, 0) is 75.5 Å². The molecule has 0 bridgehead atoms. The molecule has 2 heterocycles. The lowest BCUT2D eigenvalue weighted by Crippen LogP contribution is -2.28. The van der Waals surface area contributed by atoms with Gasteiger partial charge in [0.2, 0.25) is 0 Å². The van der Waals surface area contributed by atoms with Gasteiger partial charge in [0.05, 0.1) is 6.57 Å². The molecule has 1 saturated carbocycles. The molecule has 0 saturated heterocycles. The Bertz CT molecular complexity index is 2400. The smallest absolute Gasteiger partial charge is 0.187 e. The number of aromatic nitrogens is 4. The van der Waals surface area contributed by atoms with Crippen LogP contribution in [0, 0.1) is 6.57 Å². The van der Waals surface area contributed by atoms with Crippen molar-refractivity contribution < 1.29 is 0 Å². The zero-order valence-corrected chi connectivity index (χ0v) is 27.6. The van der Waals surface area contributed by atoms with E-state index in [9.17, 15) is 0 Å². The Morgan fingerprint density at radius 1 is 0.480 bits per heavy atom. The first-order valence-corrected chi connectivity index (χ1v) is 17.3. The largest absolute Gasteiger partial charge is 0.264 e. The van der Waals surface area contributed by atoms with E-state index < -0.39 is 0 Å². The molecule has 7 aromatic rings. The third kappa shape index (κ3) is 5.17. The SMILES string of the molecule is [C-]#[N+]c1ccc2c(c1)C1(CCCCC1)c1cc(-c3cccc(-c4nc(-c5ccccc5)nc(-c5ccc(-c6cccnc6)cc5)n4)c3)ccc1-2. The first kappa shape index (κ1) is 29.9. The summed E-state index contributed by atoms with van der Waals surface area (Å²) in [7, 11) is 0. The predicted molar refractivity (Wildman–Crippen MR) is 200 cm³/mol. The van der Waals surface area contributed by atoms with Crippen molar-refractivity contribution in [3.63, 3.8) is 0 Å². The number of hydrogen-bond donors (Lipinski definition) is 0. The summed E-state index contributed by atoms with van der Waals surface area (Å²) in [6, 6.07) is 44.2. The molecular weight excluding hydrogens is 611 g/mol. The maximum Gasteiger partial charge on any atom is 0.187 e. The number of benzene rings is 5. The van der Waals surface area contributed by atoms with E-state index in [0.717, 1.165) is 51.9 Å². The number of hydrogen-bond acceptors (Lipinski definition) is 4. The number of nitrogens with zero attached hydrogens (tertiary/aromatic N) is 5. The highest BCUT2D eigenvalue weighted by atomic mass is 15.0. The summed E-state index contributed by atoms with van der Waals surface area (Å²) in [4.78, 5) is 23.1. The minimum absolute atomic E-state index is 0.0303. The van der Waals surface area contributed by atoms with Crippen LogP contribution in [0.25, 0.3) is 72.4 Å². The molecule has 5 aromatic carbocycles. The summed E-state index contributed by atoms with van der Waals surface area (Å²) < 4.78 is 0. The van der Waals surface area contributed by atoms with Crippen molar-refractivity contribution >= 4 is 5.69 Å². The van der Waals surface area contributed by atoms with Gasteiger partial charge in [-0.3, -0.25) is 4.98 Å². The fourth-order valence-corrected chi connectivity index (χ4v) is 7.96. The molecule has 5 heteroatoms. The topological polar surface area (TPSA) is 55.9 Å². The third-order valence-corrected chi connectivity index (χ3v) is 10.4. The van der Waals surface area contributed by atoms with Crippen LogP contribution < -0.4 is 0 Å². The molecule has 9 rings (SSSR count). The van der Waals surface area contributed by atoms with Crippen molar-refractivity contribution in [1.29, 1.82) is 0 Å². The molecule has 0 unspecified atom stereocenters. The van der Waals surface area contributed by atoms with Gasteiger partial charge >= 0.3 is 0 Å². The molecule has 0 atom stereocenters. The molecule has 2 aliphatic rings. The highest BCUT2D eigenvalue weighted by Gasteiger charge is 2.43. The minimum Gasteiger partial charge on any atom is -0.264 e. The normalized spacial score (nSPS) is 14.1. The third-order valence-electron chi connectivity index (χ3n) is 10.4. The van der Waals surface area contributed by atoms with Crippen molar-refractivity contribution in [1.82, 2.24) is 19.9 Å². The summed E-state index contributed by atoms with van der Waals surface area (Å²) in [5, 5.41) is 0. The zero-order valence-electron chi connectivity index (χ0n) is 27.6. The lowest BCUT2D eigenvalue weighted by atomic mass is 9.67. The van der Waals surface area contributed by atoms with E-state index in [4.69, 9.17) is 21.5 Å². The summed E-state index contributed by atoms with van der Waals surface area (Å²) >= 11 is 0. The average Bonchev–Trinajstić information content (AvgIpc) is 3.45. The highest BCUT2D eigenvalue weighted by molar-refractivity contribution is 5.86. The van der Waals surface area contributed by atoms with Gasteiger partial charge in [-0.15, -0.1) is 0 Å². The van der Waals surface area contributed by atoms with Gasteiger partial charge in [0.1, 0.15) is 0 Å². The van der Waals surface area contributed by atoms with Crippen molar-refractivity contribution in [3.05, 3.63) is 162 Å². The van der Waals surface area contributed by atoms with Gasteiger partial charge in [-0.2, -0.15) is 0 Å². The first-order chi connectivity index (χ1) is 24.7. The van der Waals surface area contributed by atoms with Gasteiger partial charge in [-0.1, -0.05) is 128 Å². The Kier molecular flexibility index (Phi) is 7.36. The van der Waals surface area contributed by atoms with Crippen LogP contribution in [0.3, 0.4) is 0 Å². The quantitative estimate of drug-likeness (QED) is 0.175. The standard InChI is InChI=1S/C45H33N5/c1-46-37-20-22-39-38-21-19-34(27-40(38)45(41(39)28-37)23-6-3-7-24-45)33-12-8-13-35(26-33)44-49-42(31-10-4-2-5-11-31)48-43(50-44)32-17-15-30(16-18-32)36-14-9-25-47-29-36/h2,4-5,8-22,25-29H,3,6-7,23-24H2. The number of pyridine rings is 1. The van der Waals surface area contributed by atoms with Crippen LogP contribution in [0.2, 0.25) is 0 Å². The number of rotatable bonds is 5. The Morgan fingerprint density at radius 2 is 1.06 bits per heavy atom. The molecule has 238 valence electrons. The van der Waals surface area contributed by atoms with E-state index >= 15 is 0 Å². The van der Waals surface area contributed by atoms with Crippen LogP contribution in [0.15, 0.2) is 140 Å². The van der Waals surface area contributed by atoms with Gasteiger partial charge in [0.15, 0.2) is 23.2 Å². The molecule has 1 fully saturated rings. The van der Waals surface area contributed by atoms with Crippen LogP contribution in [0.5, 0.6) is 0 Å². The summed E-state index contributed by atoms with van der Waals surface area (Å²) in [5.74, 6) is 1.90. The molecule has 0 aliphatic heterocycles. The lowest BCUT2D eigenvalue weighted by molar-refractivity contribution is 0.353. The summed E-state index contributed by atoms with van der Waals surface area (Å²) in [5.41, 5.74) is 13.3. The predicted octanol–water partition coefficient (Wildman–Crippen LogP) is 11.4. The Morgan fingerprint density at radius 3 is 1.78 bits per heavy atom. The average molecular weight is 644 g/mol. The maximum atomic E-state index is 7.68. The van der Waals surface area contributed by atoms with Crippen LogP contribution in [0.1, 0.15) is 43.2 Å². The van der Waals surface area contributed by atoms with Crippen molar-refractivity contribution in [2.45, 2.75) is 37.5 Å². The zero-order chi connectivity index (χ0) is 33.5. The summed E-state index contributed by atoms with van der Waals surface area (Å²) in [6.07, 6.45) is 9.58. The van der Waals surface area contributed by atoms with E-state index in [1.54, 1.807) is 6.20 Å². The second-order valence-corrected chi connectivity index (χ2v) is 13.3. The van der Waals surface area contributed by atoms with E-state index in [1.807, 2.05) is 48.7 Å². The number of fused-ring (bicyclic) bond motifs is 5. The van der Waals surface area contributed by atoms with Crippen LogP contribution in [-0.4, -0.2) is 19.9 Å². The monoisotopic (exact) mass is 643 g/mol. The van der Waals surface area contributed by atoms with E-state index in [-0.39, 0.29) is 5.41 Å². The second-order valence-electron chi connectivity index (χ2n) is 13.3. The van der Waals surface area contributed by atoms with Crippen molar-refractivity contribution in [2.75, 3.05) is 0 Å². The van der Waals surface area contributed by atoms with Crippen LogP contribution in [0.4, 0.5) is 5.69 Å². The molecule has 50 heavy (non-hydrogen) atoms. The molecule has 2 aromatic heterocycles. The van der Waals surface area contributed by atoms with E-state index in [2.05, 4.69) is 94.8 Å². The van der Waals surface area contributed by atoms with Crippen LogP contribution in [-0.2, 0) is 5.41 Å². The minimum atomic E-state index is -0.0303. The maximum absolute atomic E-state index is 7.68. The molecule has 2 aliphatic carbocycles. The molecule has 0 N–H and O–H groups in total. The second kappa shape index (κ2) is 12.3. The molecule has 1 spiro atoms. The van der Waals surface area contributed by atoms with Gasteiger partial charge in [0, 0.05) is 34.5 Å². The lowest BCUT2D eigenvalue weighted by Gasteiger charge is -2.36. The van der Waals surface area contributed by atoms with Gasteiger partial charge in [0.25, 0.3) is 0 Å². The van der Waals surface area contributed by atoms with Gasteiger partial charge < -0.3 is 0 Å². The molecular formula is C45H33N5. The highest BCUT2D eigenvalue weighted by Crippen LogP contribution is 2.57. The Hall–Kier alpha value is -6.25. The Labute approximate surface area is 292 Å². The van der Waals surface area contributed by atoms with Crippen LogP contribution >= 0.6 is 0 Å². The molecule has 5 nitrogen and oxygen atoms in total. The van der Waals surface area contributed by atoms with E-state index in [1.165, 1.54) is 47.1 Å². The summed E-state index contributed by atoms with van der Waals surface area (Å²) in [6.45, 7) is 7.68. The van der Waals surface area contributed by atoms with Crippen molar-refractivity contribution in [2.24, 2.45) is 0 Å². The fraction of sp³-hybridized carbons (Fsp3) is 0.133. The molecule has 0 radical (unpaired) electrons. The first-order valence-electron chi connectivity index (χ1n) is 17.3. The Balaban J connectivity index is 1.13. The van der Waals surface area contributed by atoms with Gasteiger partial charge in [-0.25, -0.2) is 19.8 Å².